The Morgan fingerprint density at radius 1 is 1.29 bits per heavy atom. The van der Waals surface area contributed by atoms with Crippen molar-refractivity contribution in [3.05, 3.63) is 24.2 Å². The molecule has 0 bridgehead atoms. The molecular formula is C10H16O7. The van der Waals surface area contributed by atoms with Gasteiger partial charge in [-0.05, 0) is 12.1 Å². The molecule has 0 aliphatic rings. The lowest BCUT2D eigenvalue weighted by molar-refractivity contribution is -0.135. The van der Waals surface area contributed by atoms with Crippen LogP contribution in [-0.2, 0) is 9.59 Å². The van der Waals surface area contributed by atoms with E-state index in [1.807, 2.05) is 0 Å². The van der Waals surface area contributed by atoms with Gasteiger partial charge in [0.2, 0.25) is 0 Å². The predicted molar refractivity (Wildman–Crippen MR) is 57.4 cm³/mol. The van der Waals surface area contributed by atoms with Crippen molar-refractivity contribution >= 4 is 11.9 Å². The summed E-state index contributed by atoms with van der Waals surface area (Å²) in [4.78, 5) is 18.0. The molecule has 7 heteroatoms. The Kier molecular flexibility index (Phi) is 11.0. The minimum Gasteiger partial charge on any atom is -0.481 e. The summed E-state index contributed by atoms with van der Waals surface area (Å²) in [6, 6.07) is 3.27. The highest BCUT2D eigenvalue weighted by Crippen LogP contribution is 2.10. The molecule has 0 aliphatic carbocycles. The first kappa shape index (κ1) is 17.5. The van der Waals surface area contributed by atoms with E-state index in [0.29, 0.717) is 5.76 Å². The van der Waals surface area contributed by atoms with Crippen LogP contribution < -0.4 is 0 Å². The third-order valence-corrected chi connectivity index (χ3v) is 1.04. The fourth-order valence-corrected chi connectivity index (χ4v) is 0.571. The molecule has 0 spiro atoms. The summed E-state index contributed by atoms with van der Waals surface area (Å²) < 4.78 is 4.78. The van der Waals surface area contributed by atoms with Crippen LogP contribution in [0.2, 0.25) is 0 Å². The summed E-state index contributed by atoms with van der Waals surface area (Å²) in [6.45, 7) is 1.87. The maximum absolute atomic E-state index is 9.00. The molecule has 0 aliphatic heterocycles. The Morgan fingerprint density at radius 2 is 1.71 bits per heavy atom. The van der Waals surface area contributed by atoms with Gasteiger partial charge in [-0.3, -0.25) is 9.59 Å². The number of aliphatic hydroxyl groups is 2. The van der Waals surface area contributed by atoms with Crippen molar-refractivity contribution in [2.75, 3.05) is 6.61 Å². The summed E-state index contributed by atoms with van der Waals surface area (Å²) in [6.07, 6.45) is 0.578. The average Bonchev–Trinajstić information content (AvgIpc) is 2.67. The second kappa shape index (κ2) is 10.7. The van der Waals surface area contributed by atoms with Crippen molar-refractivity contribution in [1.82, 2.24) is 0 Å². The van der Waals surface area contributed by atoms with Crippen molar-refractivity contribution in [3.8, 4) is 0 Å². The van der Waals surface area contributed by atoms with Gasteiger partial charge in [0.15, 0.2) is 0 Å². The molecule has 0 aromatic carbocycles. The molecule has 7 nitrogen and oxygen atoms in total. The highest BCUT2D eigenvalue weighted by molar-refractivity contribution is 5.63. The SMILES string of the molecule is CC(=O)O.CC(=O)O.OC[C@@H](O)c1ccco1. The summed E-state index contributed by atoms with van der Waals surface area (Å²) in [5, 5.41) is 32.1. The van der Waals surface area contributed by atoms with Crippen molar-refractivity contribution in [1.29, 1.82) is 0 Å². The molecule has 98 valence electrons. The Hall–Kier alpha value is -1.86. The van der Waals surface area contributed by atoms with E-state index in [0.717, 1.165) is 13.8 Å². The smallest absolute Gasteiger partial charge is 0.300 e. The van der Waals surface area contributed by atoms with Gasteiger partial charge in [0.1, 0.15) is 11.9 Å². The normalized spacial score (nSPS) is 10.1. The third kappa shape index (κ3) is 16.8. The third-order valence-electron chi connectivity index (χ3n) is 1.04. The van der Waals surface area contributed by atoms with E-state index in [-0.39, 0.29) is 6.61 Å². The van der Waals surface area contributed by atoms with E-state index >= 15 is 0 Å². The standard InChI is InChI=1S/C6H8O3.2C2H4O2/c7-4-5(8)6-2-1-3-9-6;2*1-2(3)4/h1-3,5,7-8H,4H2;2*1H3,(H,3,4)/t5-;;/m1../s1. The fourth-order valence-electron chi connectivity index (χ4n) is 0.571. The summed E-state index contributed by atoms with van der Waals surface area (Å²) in [7, 11) is 0. The second-order valence-electron chi connectivity index (χ2n) is 2.75. The molecule has 1 rings (SSSR count). The zero-order valence-electron chi connectivity index (χ0n) is 9.53. The van der Waals surface area contributed by atoms with Crippen LogP contribution in [0.3, 0.4) is 0 Å². The number of carboxylic acid groups (broad SMARTS) is 2. The van der Waals surface area contributed by atoms with Crippen LogP contribution in [-0.4, -0.2) is 39.0 Å². The number of rotatable bonds is 2. The van der Waals surface area contributed by atoms with Crippen LogP contribution in [0.5, 0.6) is 0 Å². The van der Waals surface area contributed by atoms with E-state index in [9.17, 15) is 0 Å². The molecule has 1 aromatic rings. The maximum Gasteiger partial charge on any atom is 0.300 e. The average molecular weight is 248 g/mol. The maximum atomic E-state index is 9.00. The number of carbonyl (C=O) groups is 2. The minimum atomic E-state index is -0.875. The van der Waals surface area contributed by atoms with E-state index in [1.165, 1.54) is 6.26 Å². The highest BCUT2D eigenvalue weighted by atomic mass is 16.4. The molecule has 17 heavy (non-hydrogen) atoms. The van der Waals surface area contributed by atoms with Gasteiger partial charge in [-0.2, -0.15) is 0 Å². The van der Waals surface area contributed by atoms with Crippen LogP contribution in [0.25, 0.3) is 0 Å². The summed E-state index contributed by atoms with van der Waals surface area (Å²) >= 11 is 0. The number of carboxylic acids is 2. The van der Waals surface area contributed by atoms with Crippen molar-refractivity contribution in [2.45, 2.75) is 20.0 Å². The van der Waals surface area contributed by atoms with Gasteiger partial charge < -0.3 is 24.8 Å². The van der Waals surface area contributed by atoms with E-state index in [2.05, 4.69) is 0 Å². The molecule has 0 radical (unpaired) electrons. The zero-order valence-corrected chi connectivity index (χ0v) is 9.53. The molecule has 1 heterocycles. The van der Waals surface area contributed by atoms with Crippen LogP contribution in [0, 0.1) is 0 Å². The molecule has 0 saturated carbocycles. The number of aliphatic hydroxyl groups excluding tert-OH is 2. The predicted octanol–water partition coefficient (Wildman–Crippen LogP) is 0.487. The number of hydrogen-bond acceptors (Lipinski definition) is 5. The lowest BCUT2D eigenvalue weighted by Gasteiger charge is -1.99. The van der Waals surface area contributed by atoms with Gasteiger partial charge in [-0.15, -0.1) is 0 Å². The first-order valence-corrected chi connectivity index (χ1v) is 4.52. The molecule has 0 saturated heterocycles. The van der Waals surface area contributed by atoms with E-state index < -0.39 is 18.0 Å². The molecule has 0 amide bonds. The molecule has 0 unspecified atom stereocenters. The lowest BCUT2D eigenvalue weighted by Crippen LogP contribution is -1.99. The molecule has 1 atom stereocenters. The van der Waals surface area contributed by atoms with Gasteiger partial charge >= 0.3 is 0 Å². The molecule has 0 fully saturated rings. The fraction of sp³-hybridized carbons (Fsp3) is 0.400. The van der Waals surface area contributed by atoms with E-state index in [1.54, 1.807) is 12.1 Å². The first-order valence-electron chi connectivity index (χ1n) is 4.52. The van der Waals surface area contributed by atoms with E-state index in [4.69, 9.17) is 34.4 Å². The first-order chi connectivity index (χ1) is 7.81. The summed E-state index contributed by atoms with van der Waals surface area (Å²) in [5.74, 6) is -1.27. The van der Waals surface area contributed by atoms with Crippen LogP contribution >= 0.6 is 0 Å². The Labute approximate surface area is 97.9 Å². The number of aliphatic carboxylic acids is 2. The minimum absolute atomic E-state index is 0.298. The highest BCUT2D eigenvalue weighted by Gasteiger charge is 2.06. The molecule has 1 aromatic heterocycles. The van der Waals surface area contributed by atoms with Crippen molar-refractivity contribution in [3.63, 3.8) is 0 Å². The summed E-state index contributed by atoms with van der Waals surface area (Å²) in [5.41, 5.74) is 0. The topological polar surface area (TPSA) is 128 Å². The lowest BCUT2D eigenvalue weighted by atomic mass is 10.3. The molecular weight excluding hydrogens is 232 g/mol. The van der Waals surface area contributed by atoms with Crippen LogP contribution in [0.1, 0.15) is 25.7 Å². The van der Waals surface area contributed by atoms with Crippen LogP contribution in [0.15, 0.2) is 22.8 Å². The van der Waals surface area contributed by atoms with Gasteiger partial charge in [0.25, 0.3) is 11.9 Å². The van der Waals surface area contributed by atoms with Gasteiger partial charge in [-0.1, -0.05) is 0 Å². The van der Waals surface area contributed by atoms with Crippen LogP contribution in [0.4, 0.5) is 0 Å². The largest absolute Gasteiger partial charge is 0.481 e. The van der Waals surface area contributed by atoms with Gasteiger partial charge in [0, 0.05) is 13.8 Å². The zero-order chi connectivity index (χ0) is 13.8. The Balaban J connectivity index is 0. The monoisotopic (exact) mass is 248 g/mol. The van der Waals surface area contributed by atoms with Crippen molar-refractivity contribution in [2.24, 2.45) is 0 Å². The van der Waals surface area contributed by atoms with Gasteiger partial charge in [0.05, 0.1) is 12.9 Å². The quantitative estimate of drug-likeness (QED) is 0.599. The van der Waals surface area contributed by atoms with Gasteiger partial charge in [-0.25, -0.2) is 0 Å². The van der Waals surface area contributed by atoms with Crippen molar-refractivity contribution < 1.29 is 34.4 Å². The second-order valence-corrected chi connectivity index (χ2v) is 2.75. The molecule has 4 N–H and O–H groups in total. The Morgan fingerprint density at radius 3 is 1.94 bits per heavy atom. The number of furan rings is 1. The Bertz CT molecular complexity index is 284. The number of hydrogen-bond donors (Lipinski definition) is 4.